The molecule has 0 saturated carbocycles. The summed E-state index contributed by atoms with van der Waals surface area (Å²) in [4.78, 5) is 9.29. The molecule has 3 aromatic heterocycles. The van der Waals surface area contributed by atoms with E-state index >= 15 is 0 Å². The van der Waals surface area contributed by atoms with E-state index in [2.05, 4.69) is 72.7 Å². The van der Waals surface area contributed by atoms with Crippen molar-refractivity contribution >= 4 is 40.5 Å². The van der Waals surface area contributed by atoms with Crippen molar-refractivity contribution in [1.29, 1.82) is 0 Å². The van der Waals surface area contributed by atoms with Gasteiger partial charge in [0.25, 0.3) is 0 Å². The predicted molar refractivity (Wildman–Crippen MR) is 118 cm³/mol. The molecule has 5 rings (SSSR count). The largest absolute Gasteiger partial charge is 0.438 e. The summed E-state index contributed by atoms with van der Waals surface area (Å²) >= 11 is 0. The molecule has 0 amide bonds. The van der Waals surface area contributed by atoms with Crippen LogP contribution < -0.4 is 10.4 Å². The number of benzene rings is 2. The lowest BCUT2D eigenvalue weighted by Crippen LogP contribution is -2.52. The Morgan fingerprint density at radius 1 is 0.714 bits per heavy atom. The lowest BCUT2D eigenvalue weighted by molar-refractivity contribution is 0.654. The van der Waals surface area contributed by atoms with Crippen molar-refractivity contribution in [1.82, 2.24) is 9.97 Å². The third kappa shape index (κ3) is 2.74. The molecule has 28 heavy (non-hydrogen) atoms. The van der Waals surface area contributed by atoms with E-state index in [0.717, 1.165) is 27.6 Å². The van der Waals surface area contributed by atoms with Gasteiger partial charge in [0.15, 0.2) is 0 Å². The van der Waals surface area contributed by atoms with Gasteiger partial charge in [0.2, 0.25) is 5.71 Å². The normalized spacial score (nSPS) is 11.9. The van der Waals surface area contributed by atoms with Crippen LogP contribution >= 0.6 is 0 Å². The molecular formula is C24H20N2OSi. The third-order valence-electron chi connectivity index (χ3n) is 5.51. The first-order chi connectivity index (χ1) is 13.6. The average molecular weight is 381 g/mol. The van der Waals surface area contributed by atoms with E-state index in [4.69, 9.17) is 9.40 Å². The first-order valence-corrected chi connectivity index (χ1v) is 12.4. The van der Waals surface area contributed by atoms with Gasteiger partial charge >= 0.3 is 0 Å². The Morgan fingerprint density at radius 3 is 2.29 bits per heavy atom. The van der Waals surface area contributed by atoms with Crippen LogP contribution in [0.3, 0.4) is 0 Å². The second kappa shape index (κ2) is 6.43. The second-order valence-electron chi connectivity index (χ2n) is 7.60. The fourth-order valence-corrected chi connectivity index (χ4v) is 5.95. The smallest absolute Gasteiger partial charge is 0.227 e. The Kier molecular flexibility index (Phi) is 3.88. The number of furan rings is 1. The molecule has 2 aromatic carbocycles. The molecular weight excluding hydrogens is 360 g/mol. The van der Waals surface area contributed by atoms with Crippen LogP contribution in [-0.4, -0.2) is 18.0 Å². The summed E-state index contributed by atoms with van der Waals surface area (Å²) in [6.45, 7) is 4.73. The molecule has 0 fully saturated rings. The minimum Gasteiger partial charge on any atom is -0.438 e. The third-order valence-corrected chi connectivity index (χ3v) is 9.03. The molecule has 4 heteroatoms. The summed E-state index contributed by atoms with van der Waals surface area (Å²) in [5.41, 5.74) is 3.46. The van der Waals surface area contributed by atoms with Crippen molar-refractivity contribution in [2.75, 3.05) is 0 Å². The van der Waals surface area contributed by atoms with Crippen LogP contribution in [0.2, 0.25) is 13.1 Å². The van der Waals surface area contributed by atoms with Crippen LogP contribution in [0, 0.1) is 0 Å². The number of para-hydroxylation sites is 1. The van der Waals surface area contributed by atoms with Crippen LogP contribution in [0.1, 0.15) is 0 Å². The van der Waals surface area contributed by atoms with E-state index < -0.39 is 8.07 Å². The van der Waals surface area contributed by atoms with Crippen LogP contribution in [0.15, 0.2) is 89.6 Å². The monoisotopic (exact) mass is 380 g/mol. The highest BCUT2D eigenvalue weighted by molar-refractivity contribution is 7.00. The maximum Gasteiger partial charge on any atom is 0.227 e. The number of pyridine rings is 2. The van der Waals surface area contributed by atoms with Crippen LogP contribution in [0.5, 0.6) is 0 Å². The van der Waals surface area contributed by atoms with Gasteiger partial charge in [0, 0.05) is 28.7 Å². The van der Waals surface area contributed by atoms with Gasteiger partial charge in [-0.2, -0.15) is 0 Å². The van der Waals surface area contributed by atoms with Crippen molar-refractivity contribution < 1.29 is 4.42 Å². The molecule has 5 aromatic rings. The van der Waals surface area contributed by atoms with Crippen LogP contribution in [-0.2, 0) is 0 Å². The van der Waals surface area contributed by atoms with Crippen molar-refractivity contribution in [3.05, 3.63) is 85.2 Å². The molecule has 0 aliphatic rings. The van der Waals surface area contributed by atoms with Crippen LogP contribution in [0.25, 0.3) is 33.3 Å². The summed E-state index contributed by atoms with van der Waals surface area (Å²) in [6, 6.07) is 25.2. The molecule has 0 bridgehead atoms. The lowest BCUT2D eigenvalue weighted by atomic mass is 10.1. The minimum atomic E-state index is -1.74. The summed E-state index contributed by atoms with van der Waals surface area (Å²) in [5.74, 6) is 0. The number of rotatable bonds is 3. The van der Waals surface area contributed by atoms with Gasteiger partial charge < -0.3 is 4.42 Å². The molecule has 0 atom stereocenters. The molecule has 136 valence electrons. The first kappa shape index (κ1) is 16.9. The number of hydrogen-bond acceptors (Lipinski definition) is 3. The SMILES string of the molecule is C[Si](C)(c1ccccc1)c1ccc(-c2cnc3oc4ccccc4c3c2)nc1. The lowest BCUT2D eigenvalue weighted by Gasteiger charge is -2.23. The first-order valence-electron chi connectivity index (χ1n) is 9.43. The Hall–Kier alpha value is -3.24. The van der Waals surface area contributed by atoms with Gasteiger partial charge in [0.05, 0.1) is 5.69 Å². The molecule has 0 radical (unpaired) electrons. The molecule has 3 heterocycles. The van der Waals surface area contributed by atoms with E-state index in [9.17, 15) is 0 Å². The maximum atomic E-state index is 5.83. The average Bonchev–Trinajstić information content (AvgIpc) is 3.12. The second-order valence-corrected chi connectivity index (χ2v) is 12.0. The highest BCUT2D eigenvalue weighted by Crippen LogP contribution is 2.29. The Balaban J connectivity index is 1.55. The highest BCUT2D eigenvalue weighted by atomic mass is 28.3. The number of fused-ring (bicyclic) bond motifs is 3. The summed E-state index contributed by atoms with van der Waals surface area (Å²) in [7, 11) is -1.74. The Labute approximate surface area is 164 Å². The standard InChI is InChI=1S/C24H20N2OSi/c1-28(2,18-8-4-3-5-9-18)19-12-13-22(25-16-19)17-14-21-20-10-6-7-11-23(20)27-24(21)26-15-17/h3-16H,1-2H3. The van der Waals surface area contributed by atoms with Crippen molar-refractivity contribution in [3.8, 4) is 11.3 Å². The molecule has 0 saturated heterocycles. The van der Waals surface area contributed by atoms with Crippen molar-refractivity contribution in [2.45, 2.75) is 13.1 Å². The molecule has 0 spiro atoms. The van der Waals surface area contributed by atoms with E-state index in [1.807, 2.05) is 30.6 Å². The summed E-state index contributed by atoms with van der Waals surface area (Å²) in [6.07, 6.45) is 3.87. The fourth-order valence-electron chi connectivity index (χ4n) is 3.70. The van der Waals surface area contributed by atoms with E-state index in [-0.39, 0.29) is 0 Å². The zero-order valence-corrected chi connectivity index (χ0v) is 16.9. The minimum absolute atomic E-state index is 0.666. The molecule has 0 N–H and O–H groups in total. The molecule has 0 aliphatic carbocycles. The fraction of sp³-hybridized carbons (Fsp3) is 0.0833. The summed E-state index contributed by atoms with van der Waals surface area (Å²) < 4.78 is 5.83. The number of aromatic nitrogens is 2. The molecule has 0 aliphatic heterocycles. The molecule has 3 nitrogen and oxygen atoms in total. The topological polar surface area (TPSA) is 38.9 Å². The van der Waals surface area contributed by atoms with Crippen molar-refractivity contribution in [3.63, 3.8) is 0 Å². The zero-order valence-electron chi connectivity index (χ0n) is 15.9. The van der Waals surface area contributed by atoms with E-state index in [0.29, 0.717) is 5.71 Å². The van der Waals surface area contributed by atoms with Gasteiger partial charge in [-0.15, -0.1) is 0 Å². The van der Waals surface area contributed by atoms with Gasteiger partial charge in [-0.25, -0.2) is 4.98 Å². The molecule has 0 unspecified atom stereocenters. The number of nitrogens with zero attached hydrogens (tertiary/aromatic N) is 2. The Morgan fingerprint density at radius 2 is 1.50 bits per heavy atom. The maximum absolute atomic E-state index is 5.83. The van der Waals surface area contributed by atoms with Crippen molar-refractivity contribution in [2.24, 2.45) is 0 Å². The van der Waals surface area contributed by atoms with E-state index in [1.165, 1.54) is 10.4 Å². The van der Waals surface area contributed by atoms with Gasteiger partial charge in [-0.1, -0.05) is 72.9 Å². The van der Waals surface area contributed by atoms with Gasteiger partial charge in [-0.3, -0.25) is 4.98 Å². The Bertz CT molecular complexity index is 1270. The van der Waals surface area contributed by atoms with Crippen LogP contribution in [0.4, 0.5) is 0 Å². The summed E-state index contributed by atoms with van der Waals surface area (Å²) in [5, 5.41) is 4.85. The number of hydrogen-bond donors (Lipinski definition) is 0. The highest BCUT2D eigenvalue weighted by Gasteiger charge is 2.26. The van der Waals surface area contributed by atoms with Gasteiger partial charge in [0.1, 0.15) is 13.7 Å². The van der Waals surface area contributed by atoms with E-state index in [1.54, 1.807) is 0 Å². The quantitative estimate of drug-likeness (QED) is 0.419. The predicted octanol–water partition coefficient (Wildman–Crippen LogP) is 4.87. The van der Waals surface area contributed by atoms with Gasteiger partial charge in [-0.05, 0) is 23.4 Å². The zero-order chi connectivity index (χ0) is 19.1.